The minimum atomic E-state index is -4.49. The van der Waals surface area contributed by atoms with Crippen LogP contribution in [0.3, 0.4) is 0 Å². The second-order valence-corrected chi connectivity index (χ2v) is 8.79. The molecule has 35 heavy (non-hydrogen) atoms. The summed E-state index contributed by atoms with van der Waals surface area (Å²) in [5.41, 5.74) is -1.66. The second kappa shape index (κ2) is 10.1. The van der Waals surface area contributed by atoms with Gasteiger partial charge in [-0.25, -0.2) is 4.98 Å². The average molecular weight is 504 g/mol. The Balaban J connectivity index is 1.45. The normalized spacial score (nSPS) is 23.1. The lowest BCUT2D eigenvalue weighted by Crippen LogP contribution is -2.55. The van der Waals surface area contributed by atoms with E-state index in [9.17, 15) is 26.3 Å². The molecule has 4 rings (SSSR count). The monoisotopic (exact) mass is 504 g/mol. The SMILES string of the molecule is CCCOc1cc(C(F)(F)F)ccc1OC1CC2CCC[C@@H](C1)N2Oc1ccc(C(F)(F)F)cn1. The minimum Gasteiger partial charge on any atom is -0.490 e. The van der Waals surface area contributed by atoms with E-state index in [0.29, 0.717) is 19.3 Å². The van der Waals surface area contributed by atoms with Crippen LogP contribution in [0.15, 0.2) is 36.5 Å². The smallest absolute Gasteiger partial charge is 0.417 e. The number of rotatable bonds is 7. The number of ether oxygens (including phenoxy) is 2. The van der Waals surface area contributed by atoms with Gasteiger partial charge < -0.3 is 14.3 Å². The molecule has 11 heteroatoms. The van der Waals surface area contributed by atoms with Crippen molar-refractivity contribution in [1.29, 1.82) is 0 Å². The summed E-state index contributed by atoms with van der Waals surface area (Å²) in [4.78, 5) is 9.67. The molecule has 0 spiro atoms. The third-order valence-electron chi connectivity index (χ3n) is 6.15. The van der Waals surface area contributed by atoms with Crippen LogP contribution in [0, 0.1) is 0 Å². The Morgan fingerprint density at radius 2 is 1.57 bits per heavy atom. The third kappa shape index (κ3) is 6.12. The van der Waals surface area contributed by atoms with Crippen molar-refractivity contribution < 1.29 is 40.7 Å². The molecule has 0 N–H and O–H groups in total. The number of hydrogen-bond donors (Lipinski definition) is 0. The van der Waals surface area contributed by atoms with E-state index in [4.69, 9.17) is 14.3 Å². The fourth-order valence-corrected chi connectivity index (χ4v) is 4.53. The Labute approximate surface area is 198 Å². The Morgan fingerprint density at radius 3 is 2.14 bits per heavy atom. The molecule has 2 unspecified atom stereocenters. The van der Waals surface area contributed by atoms with E-state index in [1.807, 2.05) is 6.92 Å². The molecule has 192 valence electrons. The summed E-state index contributed by atoms with van der Waals surface area (Å²) in [6.45, 7) is 2.12. The summed E-state index contributed by atoms with van der Waals surface area (Å²) in [6.07, 6.45) is -4.22. The number of hydrogen-bond acceptors (Lipinski definition) is 5. The molecule has 0 aliphatic carbocycles. The van der Waals surface area contributed by atoms with Gasteiger partial charge in [0.2, 0.25) is 5.88 Å². The third-order valence-corrected chi connectivity index (χ3v) is 6.15. The average Bonchev–Trinajstić information content (AvgIpc) is 2.78. The fourth-order valence-electron chi connectivity index (χ4n) is 4.53. The first-order valence-electron chi connectivity index (χ1n) is 11.5. The molecule has 3 atom stereocenters. The van der Waals surface area contributed by atoms with E-state index in [-0.39, 0.29) is 42.2 Å². The zero-order valence-corrected chi connectivity index (χ0v) is 19.0. The van der Waals surface area contributed by atoms with Crippen LogP contribution in [0.1, 0.15) is 56.6 Å². The van der Waals surface area contributed by atoms with Crippen molar-refractivity contribution in [2.75, 3.05) is 6.61 Å². The van der Waals surface area contributed by atoms with Gasteiger partial charge in [-0.15, -0.1) is 5.06 Å². The van der Waals surface area contributed by atoms with Gasteiger partial charge >= 0.3 is 12.4 Å². The van der Waals surface area contributed by atoms with Gasteiger partial charge in [-0.2, -0.15) is 26.3 Å². The maximum Gasteiger partial charge on any atom is 0.417 e. The molecular weight excluding hydrogens is 478 g/mol. The Kier molecular flexibility index (Phi) is 7.35. The van der Waals surface area contributed by atoms with Crippen LogP contribution < -0.4 is 14.3 Å². The van der Waals surface area contributed by atoms with E-state index in [2.05, 4.69) is 4.98 Å². The van der Waals surface area contributed by atoms with Gasteiger partial charge in [0, 0.05) is 37.2 Å². The summed E-state index contributed by atoms with van der Waals surface area (Å²) in [5.74, 6) is 0.389. The van der Waals surface area contributed by atoms with Crippen LogP contribution in [0.4, 0.5) is 26.3 Å². The fraction of sp³-hybridized carbons (Fsp3) is 0.542. The van der Waals surface area contributed by atoms with Gasteiger partial charge in [-0.3, -0.25) is 0 Å². The van der Waals surface area contributed by atoms with E-state index in [0.717, 1.165) is 43.7 Å². The highest BCUT2D eigenvalue weighted by molar-refractivity contribution is 5.44. The number of halogens is 6. The maximum atomic E-state index is 13.2. The molecule has 0 saturated carbocycles. The Hall–Kier alpha value is -2.69. The van der Waals surface area contributed by atoms with Crippen LogP contribution in [0.2, 0.25) is 0 Å². The highest BCUT2D eigenvalue weighted by Crippen LogP contribution is 2.40. The number of alkyl halides is 6. The van der Waals surface area contributed by atoms with E-state index >= 15 is 0 Å². The molecule has 1 aromatic carbocycles. The van der Waals surface area contributed by atoms with Gasteiger partial charge in [0.05, 0.1) is 17.7 Å². The Morgan fingerprint density at radius 1 is 0.914 bits per heavy atom. The van der Waals surface area contributed by atoms with Crippen molar-refractivity contribution in [3.63, 3.8) is 0 Å². The number of benzene rings is 1. The van der Waals surface area contributed by atoms with Crippen LogP contribution in [-0.2, 0) is 12.4 Å². The maximum absolute atomic E-state index is 13.2. The van der Waals surface area contributed by atoms with Crippen molar-refractivity contribution in [3.8, 4) is 17.4 Å². The summed E-state index contributed by atoms with van der Waals surface area (Å²) >= 11 is 0. The predicted molar refractivity (Wildman–Crippen MR) is 114 cm³/mol. The molecule has 2 fully saturated rings. The molecule has 5 nitrogen and oxygen atoms in total. The molecule has 2 aliphatic heterocycles. The zero-order chi connectivity index (χ0) is 25.2. The predicted octanol–water partition coefficient (Wildman–Crippen LogP) is 6.67. The van der Waals surface area contributed by atoms with Crippen molar-refractivity contribution in [2.24, 2.45) is 0 Å². The molecule has 2 aromatic rings. The summed E-state index contributed by atoms with van der Waals surface area (Å²) in [7, 11) is 0. The van der Waals surface area contributed by atoms with Gasteiger partial charge in [0.1, 0.15) is 6.10 Å². The van der Waals surface area contributed by atoms with Gasteiger partial charge in [0.25, 0.3) is 0 Å². The van der Waals surface area contributed by atoms with Crippen molar-refractivity contribution in [2.45, 2.75) is 76.0 Å². The van der Waals surface area contributed by atoms with Crippen LogP contribution in [0.25, 0.3) is 0 Å². The van der Waals surface area contributed by atoms with E-state index in [1.165, 1.54) is 12.1 Å². The molecule has 0 radical (unpaired) electrons. The molecular formula is C24H26F6N2O3. The lowest BCUT2D eigenvalue weighted by Gasteiger charge is -2.46. The molecule has 2 aliphatic rings. The van der Waals surface area contributed by atoms with Crippen LogP contribution in [-0.4, -0.2) is 34.8 Å². The summed E-state index contributed by atoms with van der Waals surface area (Å²) in [5, 5.41) is 1.78. The highest BCUT2D eigenvalue weighted by Gasteiger charge is 2.42. The quantitative estimate of drug-likeness (QED) is 0.394. The number of aromatic nitrogens is 1. The van der Waals surface area contributed by atoms with Crippen LogP contribution >= 0.6 is 0 Å². The first-order valence-corrected chi connectivity index (χ1v) is 11.5. The topological polar surface area (TPSA) is 43.8 Å². The minimum absolute atomic E-state index is 0.0551. The highest BCUT2D eigenvalue weighted by atomic mass is 19.4. The molecule has 1 aromatic heterocycles. The van der Waals surface area contributed by atoms with Crippen molar-refractivity contribution in [3.05, 3.63) is 47.7 Å². The largest absolute Gasteiger partial charge is 0.490 e. The number of hydroxylamine groups is 2. The van der Waals surface area contributed by atoms with E-state index < -0.39 is 23.5 Å². The number of fused-ring (bicyclic) bond motifs is 2. The number of piperidine rings is 2. The second-order valence-electron chi connectivity index (χ2n) is 8.79. The number of nitrogens with zero attached hydrogens (tertiary/aromatic N) is 2. The molecule has 0 amide bonds. The van der Waals surface area contributed by atoms with Crippen LogP contribution in [0.5, 0.6) is 17.4 Å². The van der Waals surface area contributed by atoms with E-state index in [1.54, 1.807) is 5.06 Å². The summed E-state index contributed by atoms with van der Waals surface area (Å²) in [6, 6.07) is 5.22. The first-order chi connectivity index (χ1) is 16.5. The van der Waals surface area contributed by atoms with Gasteiger partial charge in [-0.1, -0.05) is 13.3 Å². The lowest BCUT2D eigenvalue weighted by atomic mass is 9.84. The van der Waals surface area contributed by atoms with Crippen molar-refractivity contribution in [1.82, 2.24) is 10.0 Å². The molecule has 2 bridgehead atoms. The van der Waals surface area contributed by atoms with Crippen molar-refractivity contribution >= 4 is 0 Å². The zero-order valence-electron chi connectivity index (χ0n) is 19.0. The summed E-state index contributed by atoms with van der Waals surface area (Å²) < 4.78 is 89.5. The van der Waals surface area contributed by atoms with Gasteiger partial charge in [-0.05, 0) is 43.5 Å². The standard InChI is InChI=1S/C24H26F6N2O3/c1-2-10-33-21-11-15(23(25,26)27)6-8-20(21)34-19-12-17-4-3-5-18(13-19)32(17)35-22-9-7-16(14-31-22)24(28,29)30/h6-9,11,14,17-19H,2-5,10,12-13H2,1H3/t17-,18?,19?/m0/s1. The van der Waals surface area contributed by atoms with Gasteiger partial charge in [0.15, 0.2) is 11.5 Å². The first kappa shape index (κ1) is 25.4. The lowest BCUT2D eigenvalue weighted by molar-refractivity contribution is -0.185. The Bertz CT molecular complexity index is 982. The molecule has 2 saturated heterocycles. The number of pyridine rings is 1. The molecule has 3 heterocycles.